The zero-order chi connectivity index (χ0) is 22.3. The van der Waals surface area contributed by atoms with Gasteiger partial charge in [-0.2, -0.15) is 4.98 Å². The Morgan fingerprint density at radius 3 is 2.62 bits per heavy atom. The molecule has 170 valence electrons. The van der Waals surface area contributed by atoms with Crippen molar-refractivity contribution in [2.45, 2.75) is 46.1 Å². The fourth-order valence-electron chi connectivity index (χ4n) is 4.00. The first-order valence-corrected chi connectivity index (χ1v) is 11.7. The molecular formula is C25H33N5O2. The summed E-state index contributed by atoms with van der Waals surface area (Å²) in [6.45, 7) is 8.35. The van der Waals surface area contributed by atoms with Crippen molar-refractivity contribution >= 4 is 28.4 Å². The van der Waals surface area contributed by atoms with Gasteiger partial charge in [0.15, 0.2) is 0 Å². The average Bonchev–Trinajstić information content (AvgIpc) is 2.81. The van der Waals surface area contributed by atoms with Crippen LogP contribution in [0.15, 0.2) is 47.4 Å². The van der Waals surface area contributed by atoms with E-state index in [0.717, 1.165) is 42.9 Å². The van der Waals surface area contributed by atoms with E-state index in [9.17, 15) is 4.79 Å². The van der Waals surface area contributed by atoms with E-state index in [1.165, 1.54) is 18.5 Å². The van der Waals surface area contributed by atoms with Gasteiger partial charge in [0.2, 0.25) is 5.95 Å². The molecule has 1 N–H and O–H groups in total. The van der Waals surface area contributed by atoms with Gasteiger partial charge < -0.3 is 15.0 Å². The summed E-state index contributed by atoms with van der Waals surface area (Å²) in [6.07, 6.45) is 6.36. The molecule has 0 bridgehead atoms. The van der Waals surface area contributed by atoms with Crippen LogP contribution in [-0.2, 0) is 11.3 Å². The highest BCUT2D eigenvalue weighted by Gasteiger charge is 2.16. The Morgan fingerprint density at radius 2 is 1.88 bits per heavy atom. The molecule has 7 nitrogen and oxygen atoms in total. The third kappa shape index (κ3) is 5.46. The zero-order valence-corrected chi connectivity index (χ0v) is 19.1. The number of hydrogen-bond acceptors (Lipinski definition) is 6. The Kier molecular flexibility index (Phi) is 7.37. The molecular weight excluding hydrogens is 402 g/mol. The summed E-state index contributed by atoms with van der Waals surface area (Å²) < 4.78 is 7.31. The molecule has 32 heavy (non-hydrogen) atoms. The number of rotatable bonds is 9. The molecule has 0 amide bonds. The molecule has 1 saturated heterocycles. The van der Waals surface area contributed by atoms with E-state index in [-0.39, 0.29) is 5.56 Å². The molecule has 0 atom stereocenters. The Hall–Kier alpha value is -2.93. The number of nitrogens with one attached hydrogen (secondary N) is 1. The predicted octanol–water partition coefficient (Wildman–Crippen LogP) is 4.59. The summed E-state index contributed by atoms with van der Waals surface area (Å²) in [5, 5.41) is 4.11. The maximum Gasteiger partial charge on any atom is 0.252 e. The van der Waals surface area contributed by atoms with Crippen molar-refractivity contribution in [2.75, 3.05) is 36.5 Å². The first-order valence-electron chi connectivity index (χ1n) is 11.7. The van der Waals surface area contributed by atoms with Gasteiger partial charge in [-0.1, -0.05) is 20.3 Å². The van der Waals surface area contributed by atoms with Crippen LogP contribution in [0.5, 0.6) is 0 Å². The standard InChI is InChI=1S/C25H33N5O2/c1-3-4-16-32-17-15-30-23(31)10-5-20-18-26-25(28-24(20)30)27-21-6-8-22(9-7-21)29-13-11-19(2)12-14-29/h5-10,18-19H,3-4,11-17H2,1-2H3,(H,26,27,28). The molecule has 0 saturated carbocycles. The molecule has 1 aliphatic heterocycles. The minimum absolute atomic E-state index is 0.0820. The Morgan fingerprint density at radius 1 is 1.09 bits per heavy atom. The van der Waals surface area contributed by atoms with E-state index in [1.54, 1.807) is 22.9 Å². The summed E-state index contributed by atoms with van der Waals surface area (Å²) in [5.74, 6) is 1.29. The van der Waals surface area contributed by atoms with Gasteiger partial charge >= 0.3 is 0 Å². The van der Waals surface area contributed by atoms with E-state index >= 15 is 0 Å². The first kappa shape index (κ1) is 22.3. The summed E-state index contributed by atoms with van der Waals surface area (Å²) in [6, 6.07) is 11.7. The molecule has 1 aliphatic rings. The van der Waals surface area contributed by atoms with Crippen LogP contribution in [-0.4, -0.2) is 40.8 Å². The summed E-state index contributed by atoms with van der Waals surface area (Å²) >= 11 is 0. The van der Waals surface area contributed by atoms with Crippen molar-refractivity contribution in [3.8, 4) is 0 Å². The van der Waals surface area contributed by atoms with Gasteiger partial charge in [0.05, 0.1) is 13.2 Å². The molecule has 1 aromatic carbocycles. The van der Waals surface area contributed by atoms with Gasteiger partial charge in [-0.05, 0) is 55.5 Å². The van der Waals surface area contributed by atoms with Crippen molar-refractivity contribution in [2.24, 2.45) is 5.92 Å². The summed E-state index contributed by atoms with van der Waals surface area (Å²) in [4.78, 5) is 24.0. The van der Waals surface area contributed by atoms with Gasteiger partial charge in [0.25, 0.3) is 5.56 Å². The van der Waals surface area contributed by atoms with Crippen molar-refractivity contribution in [3.05, 3.63) is 52.9 Å². The minimum atomic E-state index is -0.0820. The molecule has 1 fully saturated rings. The predicted molar refractivity (Wildman–Crippen MR) is 130 cm³/mol. The molecule has 0 aliphatic carbocycles. The lowest BCUT2D eigenvalue weighted by Crippen LogP contribution is -2.32. The molecule has 0 spiro atoms. The Balaban J connectivity index is 1.47. The number of aromatic nitrogens is 3. The molecule has 2 aromatic heterocycles. The number of fused-ring (bicyclic) bond motifs is 1. The average molecular weight is 436 g/mol. The largest absolute Gasteiger partial charge is 0.380 e. The number of anilines is 3. The highest BCUT2D eigenvalue weighted by Crippen LogP contribution is 2.25. The highest BCUT2D eigenvalue weighted by atomic mass is 16.5. The molecule has 7 heteroatoms. The lowest BCUT2D eigenvalue weighted by atomic mass is 9.99. The van der Waals surface area contributed by atoms with E-state index in [1.807, 2.05) is 0 Å². The van der Waals surface area contributed by atoms with Crippen LogP contribution < -0.4 is 15.8 Å². The summed E-state index contributed by atoms with van der Waals surface area (Å²) in [7, 11) is 0. The normalized spacial score (nSPS) is 14.8. The lowest BCUT2D eigenvalue weighted by molar-refractivity contribution is 0.123. The number of ether oxygens (including phenoxy) is 1. The van der Waals surface area contributed by atoms with E-state index < -0.39 is 0 Å². The van der Waals surface area contributed by atoms with E-state index in [4.69, 9.17) is 4.74 Å². The van der Waals surface area contributed by atoms with Crippen LogP contribution in [0.3, 0.4) is 0 Å². The topological polar surface area (TPSA) is 72.3 Å². The second kappa shape index (κ2) is 10.6. The maximum atomic E-state index is 12.5. The minimum Gasteiger partial charge on any atom is -0.380 e. The SMILES string of the molecule is CCCCOCCn1c(=O)ccc2cnc(Nc3ccc(N4CCC(C)CC4)cc3)nc21. The van der Waals surface area contributed by atoms with Crippen molar-refractivity contribution in [3.63, 3.8) is 0 Å². The molecule has 4 rings (SSSR count). The smallest absolute Gasteiger partial charge is 0.252 e. The Bertz CT molecular complexity index is 1070. The summed E-state index contributed by atoms with van der Waals surface area (Å²) in [5.41, 5.74) is 2.71. The number of nitrogens with zero attached hydrogens (tertiary/aromatic N) is 4. The van der Waals surface area contributed by atoms with Crippen LogP contribution in [0.25, 0.3) is 11.0 Å². The van der Waals surface area contributed by atoms with Crippen molar-refractivity contribution in [1.82, 2.24) is 14.5 Å². The maximum absolute atomic E-state index is 12.5. The monoisotopic (exact) mass is 435 g/mol. The number of hydrogen-bond donors (Lipinski definition) is 1. The number of piperidine rings is 1. The second-order valence-electron chi connectivity index (χ2n) is 8.60. The third-order valence-corrected chi connectivity index (χ3v) is 6.10. The van der Waals surface area contributed by atoms with E-state index in [0.29, 0.717) is 31.4 Å². The van der Waals surface area contributed by atoms with Gasteiger partial charge in [0, 0.05) is 48.7 Å². The second-order valence-corrected chi connectivity index (χ2v) is 8.60. The fourth-order valence-corrected chi connectivity index (χ4v) is 4.00. The molecule has 3 heterocycles. The van der Waals surface area contributed by atoms with Crippen LogP contribution in [0.4, 0.5) is 17.3 Å². The van der Waals surface area contributed by atoms with Gasteiger partial charge in [0.1, 0.15) is 5.65 Å². The fraction of sp³-hybridized carbons (Fsp3) is 0.480. The van der Waals surface area contributed by atoms with Crippen molar-refractivity contribution in [1.29, 1.82) is 0 Å². The number of benzene rings is 1. The quantitative estimate of drug-likeness (QED) is 0.496. The Labute approximate surface area is 189 Å². The zero-order valence-electron chi connectivity index (χ0n) is 19.1. The van der Waals surface area contributed by atoms with E-state index in [2.05, 4.69) is 58.3 Å². The van der Waals surface area contributed by atoms with Gasteiger partial charge in [-0.3, -0.25) is 9.36 Å². The molecule has 0 unspecified atom stereocenters. The van der Waals surface area contributed by atoms with Gasteiger partial charge in [-0.25, -0.2) is 4.98 Å². The molecule has 0 radical (unpaired) electrons. The first-order chi connectivity index (χ1) is 15.6. The number of unbranched alkanes of at least 4 members (excludes halogenated alkanes) is 1. The van der Waals surface area contributed by atoms with Crippen LogP contribution in [0.2, 0.25) is 0 Å². The highest BCUT2D eigenvalue weighted by molar-refractivity contribution is 5.75. The lowest BCUT2D eigenvalue weighted by Gasteiger charge is -2.32. The van der Waals surface area contributed by atoms with Crippen molar-refractivity contribution < 1.29 is 4.74 Å². The number of pyridine rings is 1. The van der Waals surface area contributed by atoms with Crippen LogP contribution >= 0.6 is 0 Å². The molecule has 3 aromatic rings. The van der Waals surface area contributed by atoms with Crippen LogP contribution in [0.1, 0.15) is 39.5 Å². The van der Waals surface area contributed by atoms with Gasteiger partial charge in [-0.15, -0.1) is 0 Å². The third-order valence-electron chi connectivity index (χ3n) is 6.10. The van der Waals surface area contributed by atoms with Crippen LogP contribution in [0, 0.1) is 5.92 Å².